The molecule has 2 aromatic rings. The minimum atomic E-state index is -0.947. The molecule has 8 nitrogen and oxygen atoms in total. The Morgan fingerprint density at radius 1 is 1.26 bits per heavy atom. The fourth-order valence-electron chi connectivity index (χ4n) is 2.49. The van der Waals surface area contributed by atoms with Gasteiger partial charge in [0, 0.05) is 29.1 Å². The molecule has 9 heteroatoms. The maximum atomic E-state index is 12.1. The van der Waals surface area contributed by atoms with Crippen LogP contribution in [0, 0.1) is 10.1 Å². The van der Waals surface area contributed by atoms with Crippen molar-refractivity contribution in [1.29, 1.82) is 0 Å². The molecule has 0 bridgehead atoms. The number of amides is 1. The molecule has 1 atom stereocenters. The lowest BCUT2D eigenvalue weighted by atomic mass is 10.0. The molecule has 0 aliphatic rings. The van der Waals surface area contributed by atoms with E-state index in [1.165, 1.54) is 26.4 Å². The Morgan fingerprint density at radius 3 is 2.63 bits per heavy atom. The third-order valence-corrected chi connectivity index (χ3v) is 4.11. The molecule has 2 aromatic carbocycles. The molecule has 144 valence electrons. The van der Waals surface area contributed by atoms with Gasteiger partial charge in [-0.15, -0.1) is 0 Å². The summed E-state index contributed by atoms with van der Waals surface area (Å²) >= 11 is 5.75. The van der Waals surface area contributed by atoms with Crippen molar-refractivity contribution in [1.82, 2.24) is 0 Å². The van der Waals surface area contributed by atoms with Gasteiger partial charge < -0.3 is 19.9 Å². The van der Waals surface area contributed by atoms with Crippen LogP contribution >= 0.6 is 11.6 Å². The number of nitro groups is 1. The van der Waals surface area contributed by atoms with Crippen molar-refractivity contribution in [2.75, 3.05) is 19.5 Å². The number of carbonyl (C=O) groups excluding carboxylic acids is 1. The van der Waals surface area contributed by atoms with Gasteiger partial charge in [-0.1, -0.05) is 11.6 Å². The van der Waals surface area contributed by atoms with E-state index in [0.717, 1.165) is 6.07 Å². The normalized spacial score (nSPS) is 11.6. The number of carbonyl (C=O) groups is 1. The number of benzene rings is 2. The molecule has 0 saturated heterocycles. The monoisotopic (exact) mass is 394 g/mol. The van der Waals surface area contributed by atoms with Crippen molar-refractivity contribution in [2.45, 2.75) is 18.9 Å². The number of aliphatic hydroxyl groups is 1. The molecule has 27 heavy (non-hydrogen) atoms. The maximum absolute atomic E-state index is 12.1. The van der Waals surface area contributed by atoms with Gasteiger partial charge in [0.25, 0.3) is 5.69 Å². The third-order valence-electron chi connectivity index (χ3n) is 3.88. The first-order valence-corrected chi connectivity index (χ1v) is 8.37. The number of anilines is 1. The molecule has 0 fully saturated rings. The predicted octanol–water partition coefficient (Wildman–Crippen LogP) is 3.72. The molecule has 0 saturated carbocycles. The summed E-state index contributed by atoms with van der Waals surface area (Å²) in [6, 6.07) is 8.94. The Morgan fingerprint density at radius 2 is 2.00 bits per heavy atom. The number of nitrogens with zero attached hydrogens (tertiary/aromatic N) is 1. The molecule has 1 amide bonds. The molecule has 0 radical (unpaired) electrons. The Labute approximate surface area is 160 Å². The van der Waals surface area contributed by atoms with Crippen LogP contribution in [0.5, 0.6) is 11.5 Å². The summed E-state index contributed by atoms with van der Waals surface area (Å²) in [5, 5.41) is 24.1. The van der Waals surface area contributed by atoms with Gasteiger partial charge in [0.2, 0.25) is 5.91 Å². The van der Waals surface area contributed by atoms with E-state index in [2.05, 4.69) is 5.32 Å². The Bertz CT molecular complexity index is 843. The average Bonchev–Trinajstić information content (AvgIpc) is 2.66. The third kappa shape index (κ3) is 5.32. The van der Waals surface area contributed by atoms with Crippen molar-refractivity contribution in [3.8, 4) is 11.5 Å². The minimum Gasteiger partial charge on any atom is -0.497 e. The highest BCUT2D eigenvalue weighted by Gasteiger charge is 2.19. The lowest BCUT2D eigenvalue weighted by Crippen LogP contribution is -2.14. The first-order chi connectivity index (χ1) is 12.8. The zero-order valence-electron chi connectivity index (χ0n) is 14.8. The molecular weight excluding hydrogens is 376 g/mol. The maximum Gasteiger partial charge on any atom is 0.294 e. The van der Waals surface area contributed by atoms with E-state index in [-0.39, 0.29) is 29.2 Å². The second kappa shape index (κ2) is 9.20. The number of nitrogens with one attached hydrogen (secondary N) is 1. The zero-order valence-corrected chi connectivity index (χ0v) is 15.5. The van der Waals surface area contributed by atoms with Crippen LogP contribution in [-0.2, 0) is 4.79 Å². The quantitative estimate of drug-likeness (QED) is 0.521. The second-order valence-electron chi connectivity index (χ2n) is 5.63. The lowest BCUT2D eigenvalue weighted by Gasteiger charge is -2.15. The fourth-order valence-corrected chi connectivity index (χ4v) is 2.66. The number of hydrogen-bond donors (Lipinski definition) is 2. The number of halogens is 1. The van der Waals surface area contributed by atoms with Crippen molar-refractivity contribution >= 4 is 28.9 Å². The molecule has 0 aliphatic heterocycles. The number of nitro benzene ring substituents is 1. The fraction of sp³-hybridized carbons (Fsp3) is 0.278. The van der Waals surface area contributed by atoms with E-state index in [4.69, 9.17) is 21.1 Å². The summed E-state index contributed by atoms with van der Waals surface area (Å²) in [6.07, 6.45) is -0.886. The molecule has 0 spiro atoms. The Hall–Kier alpha value is -2.84. The summed E-state index contributed by atoms with van der Waals surface area (Å²) in [5.41, 5.74) is 0.266. The van der Waals surface area contributed by atoms with Gasteiger partial charge in [0.05, 0.1) is 25.2 Å². The number of hydrogen-bond acceptors (Lipinski definition) is 6. The van der Waals surface area contributed by atoms with Gasteiger partial charge in [0.1, 0.15) is 17.2 Å². The molecule has 0 heterocycles. The van der Waals surface area contributed by atoms with Crippen LogP contribution < -0.4 is 14.8 Å². The van der Waals surface area contributed by atoms with E-state index in [9.17, 15) is 20.0 Å². The first kappa shape index (κ1) is 20.5. The van der Waals surface area contributed by atoms with E-state index < -0.39 is 16.9 Å². The minimum absolute atomic E-state index is 0.0455. The van der Waals surface area contributed by atoms with E-state index >= 15 is 0 Å². The number of rotatable bonds is 8. The SMILES string of the molecule is COc1ccc(C(O)CCC(=O)Nc2ccc(Cl)cc2[N+](=O)[O-])c(OC)c1. The standard InChI is InChI=1S/C18H19ClN2O6/c1-26-12-4-5-13(17(10-12)27-2)16(22)7-8-18(23)20-14-6-3-11(19)9-15(14)21(24)25/h3-6,9-10,16,22H,7-8H2,1-2H3,(H,20,23). The molecule has 2 N–H and O–H groups in total. The smallest absolute Gasteiger partial charge is 0.294 e. The number of ether oxygens (including phenoxy) is 2. The Balaban J connectivity index is 2.03. The molecule has 1 unspecified atom stereocenters. The van der Waals surface area contributed by atoms with Crippen LogP contribution in [0.3, 0.4) is 0 Å². The molecule has 0 aromatic heterocycles. The van der Waals surface area contributed by atoms with E-state index in [1.54, 1.807) is 18.2 Å². The van der Waals surface area contributed by atoms with Gasteiger partial charge in [-0.05, 0) is 30.7 Å². The first-order valence-electron chi connectivity index (χ1n) is 7.99. The van der Waals surface area contributed by atoms with Crippen molar-refractivity contribution in [2.24, 2.45) is 0 Å². The van der Waals surface area contributed by atoms with Crippen molar-refractivity contribution in [3.05, 3.63) is 57.1 Å². The summed E-state index contributed by atoms with van der Waals surface area (Å²) in [5.74, 6) is 0.554. The van der Waals surface area contributed by atoms with Gasteiger partial charge in [-0.2, -0.15) is 0 Å². The highest BCUT2D eigenvalue weighted by Crippen LogP contribution is 2.32. The van der Waals surface area contributed by atoms with Gasteiger partial charge in [0.15, 0.2) is 0 Å². The van der Waals surface area contributed by atoms with Crippen LogP contribution in [0.1, 0.15) is 24.5 Å². The molecule has 0 aliphatic carbocycles. The Kier molecular flexibility index (Phi) is 6.98. The van der Waals surface area contributed by atoms with Crippen LogP contribution in [0.15, 0.2) is 36.4 Å². The van der Waals surface area contributed by atoms with Gasteiger partial charge in [-0.3, -0.25) is 14.9 Å². The molecule has 2 rings (SSSR count). The van der Waals surface area contributed by atoms with E-state index in [0.29, 0.717) is 17.1 Å². The molecular formula is C18H19ClN2O6. The summed E-state index contributed by atoms with van der Waals surface area (Å²) in [6.45, 7) is 0. The van der Waals surface area contributed by atoms with E-state index in [1.807, 2.05) is 0 Å². The van der Waals surface area contributed by atoms with Crippen molar-refractivity contribution in [3.63, 3.8) is 0 Å². The number of methoxy groups -OCH3 is 2. The van der Waals surface area contributed by atoms with Crippen molar-refractivity contribution < 1.29 is 24.3 Å². The van der Waals surface area contributed by atoms with Crippen LogP contribution in [0.25, 0.3) is 0 Å². The highest BCUT2D eigenvalue weighted by atomic mass is 35.5. The predicted molar refractivity (Wildman–Crippen MR) is 100 cm³/mol. The summed E-state index contributed by atoms with van der Waals surface area (Å²) in [4.78, 5) is 22.6. The van der Waals surface area contributed by atoms with Gasteiger partial charge >= 0.3 is 0 Å². The van der Waals surface area contributed by atoms with Crippen LogP contribution in [0.2, 0.25) is 5.02 Å². The zero-order chi connectivity index (χ0) is 20.0. The average molecular weight is 395 g/mol. The largest absolute Gasteiger partial charge is 0.497 e. The second-order valence-corrected chi connectivity index (χ2v) is 6.07. The topological polar surface area (TPSA) is 111 Å². The summed E-state index contributed by atoms with van der Waals surface area (Å²) in [7, 11) is 2.99. The lowest BCUT2D eigenvalue weighted by molar-refractivity contribution is -0.383. The highest BCUT2D eigenvalue weighted by molar-refractivity contribution is 6.31. The summed E-state index contributed by atoms with van der Waals surface area (Å²) < 4.78 is 10.3. The van der Waals surface area contributed by atoms with Gasteiger partial charge in [-0.25, -0.2) is 0 Å². The number of aliphatic hydroxyl groups excluding tert-OH is 1. The van der Waals surface area contributed by atoms with Crippen LogP contribution in [-0.4, -0.2) is 30.2 Å². The van der Waals surface area contributed by atoms with Crippen LogP contribution in [0.4, 0.5) is 11.4 Å².